The first-order valence-corrected chi connectivity index (χ1v) is 9.33. The van der Waals surface area contributed by atoms with Crippen LogP contribution < -0.4 is 15.1 Å². The Morgan fingerprint density at radius 2 is 1.89 bits per heavy atom. The van der Waals surface area contributed by atoms with Crippen molar-refractivity contribution >= 4 is 34.6 Å². The number of halogens is 2. The fourth-order valence-electron chi connectivity index (χ4n) is 3.29. The summed E-state index contributed by atoms with van der Waals surface area (Å²) >= 11 is 5.97. The molecule has 0 radical (unpaired) electrons. The number of hydrogen-bond donors (Lipinski definition) is 2. The number of amides is 1. The van der Waals surface area contributed by atoms with Gasteiger partial charge >= 0.3 is 0 Å². The van der Waals surface area contributed by atoms with E-state index >= 15 is 0 Å². The predicted octanol–water partition coefficient (Wildman–Crippen LogP) is 2.12. The van der Waals surface area contributed by atoms with Gasteiger partial charge < -0.3 is 15.1 Å². The van der Waals surface area contributed by atoms with E-state index < -0.39 is 10.7 Å². The van der Waals surface area contributed by atoms with Crippen molar-refractivity contribution in [3.63, 3.8) is 0 Å². The summed E-state index contributed by atoms with van der Waals surface area (Å²) in [7, 11) is 0. The number of non-ortho nitro benzene ring substituents is 1. The van der Waals surface area contributed by atoms with Crippen molar-refractivity contribution in [2.45, 2.75) is 13.0 Å². The quantitative estimate of drug-likeness (QED) is 0.587. The molecule has 1 amide bonds. The van der Waals surface area contributed by atoms with Gasteiger partial charge in [0.2, 0.25) is 0 Å². The van der Waals surface area contributed by atoms with Gasteiger partial charge in [0, 0.05) is 17.8 Å². The van der Waals surface area contributed by atoms with Crippen molar-refractivity contribution in [3.8, 4) is 0 Å². The Morgan fingerprint density at radius 3 is 2.46 bits per heavy atom. The zero-order valence-electron chi connectivity index (χ0n) is 15.3. The van der Waals surface area contributed by atoms with E-state index in [9.17, 15) is 19.3 Å². The van der Waals surface area contributed by atoms with Gasteiger partial charge in [-0.25, -0.2) is 4.39 Å². The maximum absolute atomic E-state index is 13.1. The van der Waals surface area contributed by atoms with Gasteiger partial charge in [-0.3, -0.25) is 14.9 Å². The number of quaternary nitrogens is 1. The Morgan fingerprint density at radius 1 is 1.25 bits per heavy atom. The number of carbonyl (C=O) groups excluding carboxylic acids is 1. The van der Waals surface area contributed by atoms with Gasteiger partial charge in [0.15, 0.2) is 6.04 Å². The molecule has 1 aliphatic heterocycles. The molecular formula is C19H21ClFN4O3+. The molecule has 0 spiro atoms. The molecule has 0 bridgehead atoms. The van der Waals surface area contributed by atoms with Gasteiger partial charge in [-0.2, -0.15) is 0 Å². The molecule has 1 saturated heterocycles. The van der Waals surface area contributed by atoms with Crippen LogP contribution in [0.15, 0.2) is 42.5 Å². The Kier molecular flexibility index (Phi) is 6.11. The van der Waals surface area contributed by atoms with E-state index in [0.29, 0.717) is 5.69 Å². The standard InChI is InChI=1S/C19H20ClFN4O3/c1-13(19(26)22-18-7-2-14(21)12-17(18)20)23-8-10-24(11-9-23)15-3-5-16(6-4-15)25(27)28/h2-7,12-13H,8-11H2,1H3,(H,22,26)/p+1/t13-/m0/s1. The first kappa shape index (κ1) is 20.0. The van der Waals surface area contributed by atoms with Crippen LogP contribution in [0.25, 0.3) is 0 Å². The second-order valence-corrected chi connectivity index (χ2v) is 7.16. The Hall–Kier alpha value is -2.71. The minimum Gasteiger partial charge on any atom is -0.360 e. The van der Waals surface area contributed by atoms with Gasteiger partial charge in [-0.1, -0.05) is 11.6 Å². The van der Waals surface area contributed by atoms with E-state index in [0.717, 1.165) is 42.8 Å². The number of nitro groups is 1. The highest BCUT2D eigenvalue weighted by Crippen LogP contribution is 2.22. The summed E-state index contributed by atoms with van der Waals surface area (Å²) in [4.78, 5) is 26.2. The number of nitrogens with zero attached hydrogens (tertiary/aromatic N) is 2. The lowest BCUT2D eigenvalue weighted by Gasteiger charge is -2.36. The average molecular weight is 408 g/mol. The highest BCUT2D eigenvalue weighted by atomic mass is 35.5. The summed E-state index contributed by atoms with van der Waals surface area (Å²) in [6, 6.07) is 10.1. The third-order valence-corrected chi connectivity index (χ3v) is 5.34. The SMILES string of the molecule is C[C@@H](C(=O)Nc1ccc(F)cc1Cl)[NH+]1CCN(c2ccc([N+](=O)[O-])cc2)CC1. The number of piperazine rings is 1. The number of anilines is 2. The van der Waals surface area contributed by atoms with Crippen LogP contribution in [0, 0.1) is 15.9 Å². The number of carbonyl (C=O) groups is 1. The Bertz CT molecular complexity index is 870. The van der Waals surface area contributed by atoms with Crippen molar-refractivity contribution < 1.29 is 19.0 Å². The lowest BCUT2D eigenvalue weighted by Crippen LogP contribution is -3.19. The van der Waals surface area contributed by atoms with Crippen LogP contribution >= 0.6 is 11.6 Å². The predicted molar refractivity (Wildman–Crippen MR) is 106 cm³/mol. The van der Waals surface area contributed by atoms with E-state index in [4.69, 9.17) is 11.6 Å². The van der Waals surface area contributed by atoms with E-state index in [1.165, 1.54) is 24.3 Å². The van der Waals surface area contributed by atoms with Crippen LogP contribution in [0.1, 0.15) is 6.92 Å². The number of hydrogen-bond acceptors (Lipinski definition) is 4. The maximum atomic E-state index is 13.1. The molecule has 9 heteroatoms. The highest BCUT2D eigenvalue weighted by molar-refractivity contribution is 6.33. The maximum Gasteiger partial charge on any atom is 0.282 e. The zero-order chi connectivity index (χ0) is 20.3. The fourth-order valence-corrected chi connectivity index (χ4v) is 3.50. The van der Waals surface area contributed by atoms with E-state index in [1.807, 2.05) is 6.92 Å². The summed E-state index contributed by atoms with van der Waals surface area (Å²) < 4.78 is 13.1. The largest absolute Gasteiger partial charge is 0.360 e. The van der Waals surface area contributed by atoms with E-state index in [1.54, 1.807) is 12.1 Å². The molecule has 1 aliphatic rings. The monoisotopic (exact) mass is 407 g/mol. The molecule has 1 atom stereocenters. The lowest BCUT2D eigenvalue weighted by molar-refractivity contribution is -0.914. The summed E-state index contributed by atoms with van der Waals surface area (Å²) in [6.45, 7) is 4.83. The Labute approximate surface area is 166 Å². The van der Waals surface area contributed by atoms with Crippen LogP contribution in [-0.2, 0) is 4.79 Å². The molecule has 0 aromatic heterocycles. The molecule has 0 unspecified atom stereocenters. The number of nitro benzene ring substituents is 1. The van der Waals surface area contributed by atoms with Gasteiger partial charge in [0.1, 0.15) is 5.82 Å². The topological polar surface area (TPSA) is 79.9 Å². The molecule has 148 valence electrons. The van der Waals surface area contributed by atoms with Crippen molar-refractivity contribution in [1.82, 2.24) is 0 Å². The fraction of sp³-hybridized carbons (Fsp3) is 0.316. The normalized spacial score (nSPS) is 15.9. The molecule has 2 aromatic carbocycles. The third kappa shape index (κ3) is 4.58. The molecule has 0 saturated carbocycles. The van der Waals surface area contributed by atoms with Crippen LogP contribution in [-0.4, -0.2) is 43.1 Å². The smallest absolute Gasteiger partial charge is 0.282 e. The van der Waals surface area contributed by atoms with Gasteiger partial charge in [-0.05, 0) is 37.3 Å². The molecule has 1 fully saturated rings. The van der Waals surface area contributed by atoms with Gasteiger partial charge in [-0.15, -0.1) is 0 Å². The second-order valence-electron chi connectivity index (χ2n) is 6.75. The second kappa shape index (κ2) is 8.53. The minimum atomic E-state index is -0.455. The summed E-state index contributed by atoms with van der Waals surface area (Å²) in [5.41, 5.74) is 1.39. The first-order valence-electron chi connectivity index (χ1n) is 8.95. The zero-order valence-corrected chi connectivity index (χ0v) is 16.1. The van der Waals surface area contributed by atoms with Crippen LogP contribution in [0.5, 0.6) is 0 Å². The van der Waals surface area contributed by atoms with Gasteiger partial charge in [0.25, 0.3) is 11.6 Å². The summed E-state index contributed by atoms with van der Waals surface area (Å²) in [6.07, 6.45) is 0. The molecule has 2 aromatic rings. The number of nitrogens with one attached hydrogen (secondary N) is 2. The van der Waals surface area contributed by atoms with Crippen LogP contribution in [0.4, 0.5) is 21.5 Å². The van der Waals surface area contributed by atoms with Crippen molar-refractivity contribution in [1.29, 1.82) is 0 Å². The van der Waals surface area contributed by atoms with Gasteiger partial charge in [0.05, 0.1) is 41.8 Å². The van der Waals surface area contributed by atoms with Crippen molar-refractivity contribution in [3.05, 3.63) is 63.4 Å². The molecular weight excluding hydrogens is 387 g/mol. The highest BCUT2D eigenvalue weighted by Gasteiger charge is 2.29. The van der Waals surface area contributed by atoms with Crippen molar-refractivity contribution in [2.75, 3.05) is 36.4 Å². The van der Waals surface area contributed by atoms with E-state index in [2.05, 4.69) is 10.2 Å². The molecule has 2 N–H and O–H groups in total. The number of rotatable bonds is 5. The average Bonchev–Trinajstić information content (AvgIpc) is 2.69. The summed E-state index contributed by atoms with van der Waals surface area (Å²) in [5.74, 6) is -0.628. The molecule has 0 aliphatic carbocycles. The van der Waals surface area contributed by atoms with Crippen molar-refractivity contribution in [2.24, 2.45) is 0 Å². The Balaban J connectivity index is 1.56. The lowest BCUT2D eigenvalue weighted by atomic mass is 10.2. The first-order chi connectivity index (χ1) is 13.3. The van der Waals surface area contributed by atoms with Crippen LogP contribution in [0.3, 0.4) is 0 Å². The minimum absolute atomic E-state index is 0.0674. The van der Waals surface area contributed by atoms with E-state index in [-0.39, 0.29) is 22.7 Å². The number of benzene rings is 2. The molecule has 28 heavy (non-hydrogen) atoms. The molecule has 3 rings (SSSR count). The summed E-state index contributed by atoms with van der Waals surface area (Å²) in [5, 5.41) is 13.7. The molecule has 1 heterocycles. The molecule has 7 nitrogen and oxygen atoms in total. The van der Waals surface area contributed by atoms with Crippen LogP contribution in [0.2, 0.25) is 5.02 Å². The third-order valence-electron chi connectivity index (χ3n) is 5.03.